The summed E-state index contributed by atoms with van der Waals surface area (Å²) in [5, 5.41) is 9.58. The van der Waals surface area contributed by atoms with E-state index >= 15 is 0 Å². The molecule has 2 unspecified atom stereocenters. The van der Waals surface area contributed by atoms with Gasteiger partial charge in [-0.1, -0.05) is 25.5 Å². The highest BCUT2D eigenvalue weighted by Gasteiger charge is 2.25. The van der Waals surface area contributed by atoms with E-state index in [1.54, 1.807) is 18.2 Å². The van der Waals surface area contributed by atoms with Crippen molar-refractivity contribution < 1.29 is 14.6 Å². The lowest BCUT2D eigenvalue weighted by atomic mass is 9.88. The number of hydrogen-bond donors (Lipinski definition) is 1. The molecule has 0 aromatic heterocycles. The normalized spacial score (nSPS) is 24.3. The summed E-state index contributed by atoms with van der Waals surface area (Å²) >= 11 is 0. The second-order valence-electron chi connectivity index (χ2n) is 4.72. The van der Waals surface area contributed by atoms with Gasteiger partial charge in [-0.25, -0.2) is 4.79 Å². The van der Waals surface area contributed by atoms with Gasteiger partial charge in [-0.2, -0.15) is 0 Å². The summed E-state index contributed by atoms with van der Waals surface area (Å²) in [6.07, 6.45) is 4.37. The van der Waals surface area contributed by atoms with Gasteiger partial charge in [-0.05, 0) is 37.3 Å². The minimum Gasteiger partial charge on any atom is -0.507 e. The van der Waals surface area contributed by atoms with E-state index in [-0.39, 0.29) is 17.4 Å². The van der Waals surface area contributed by atoms with Gasteiger partial charge < -0.3 is 9.84 Å². The molecule has 0 amide bonds. The Hall–Kier alpha value is -1.51. The molecule has 2 atom stereocenters. The van der Waals surface area contributed by atoms with E-state index in [1.807, 2.05) is 0 Å². The van der Waals surface area contributed by atoms with E-state index in [9.17, 15) is 9.90 Å². The number of phenols is 1. The maximum absolute atomic E-state index is 11.9. The van der Waals surface area contributed by atoms with E-state index in [0.29, 0.717) is 5.92 Å². The van der Waals surface area contributed by atoms with Crippen molar-refractivity contribution in [3.05, 3.63) is 29.8 Å². The highest BCUT2D eigenvalue weighted by Crippen LogP contribution is 2.28. The molecule has 0 bridgehead atoms. The Morgan fingerprint density at radius 2 is 2.00 bits per heavy atom. The molecule has 1 saturated carbocycles. The molecule has 3 nitrogen and oxygen atoms in total. The second kappa shape index (κ2) is 5.21. The highest BCUT2D eigenvalue weighted by molar-refractivity contribution is 5.92. The van der Waals surface area contributed by atoms with Crippen molar-refractivity contribution in [2.24, 2.45) is 5.92 Å². The van der Waals surface area contributed by atoms with Gasteiger partial charge in [-0.15, -0.1) is 0 Å². The predicted octanol–water partition coefficient (Wildman–Crippen LogP) is 3.13. The first-order valence-corrected chi connectivity index (χ1v) is 6.17. The summed E-state index contributed by atoms with van der Waals surface area (Å²) in [5.74, 6) is -0.0126. The van der Waals surface area contributed by atoms with Crippen LogP contribution in [0.15, 0.2) is 24.3 Å². The number of carbonyl (C=O) groups is 1. The first kappa shape index (κ1) is 12.0. The van der Waals surface area contributed by atoms with E-state index < -0.39 is 5.97 Å². The third kappa shape index (κ3) is 2.78. The largest absolute Gasteiger partial charge is 0.507 e. The predicted molar refractivity (Wildman–Crippen MR) is 64.9 cm³/mol. The highest BCUT2D eigenvalue weighted by atomic mass is 16.5. The number of benzene rings is 1. The standard InChI is InChI=1S/C14H18O3/c1-10-6-2-5-9-13(10)17-14(16)11-7-3-4-8-12(11)15/h3-4,7-8,10,13,15H,2,5-6,9H2,1H3. The van der Waals surface area contributed by atoms with E-state index in [2.05, 4.69) is 6.92 Å². The molecule has 1 aliphatic rings. The monoisotopic (exact) mass is 234 g/mol. The third-order valence-electron chi connectivity index (χ3n) is 3.42. The van der Waals surface area contributed by atoms with Gasteiger partial charge in [0.2, 0.25) is 0 Å². The number of carbonyl (C=O) groups excluding carboxylic acids is 1. The minimum atomic E-state index is -0.415. The summed E-state index contributed by atoms with van der Waals surface area (Å²) in [5.41, 5.74) is 0.255. The lowest BCUT2D eigenvalue weighted by molar-refractivity contribution is 0.00456. The van der Waals surface area contributed by atoms with Gasteiger partial charge in [0.15, 0.2) is 0 Å². The Kier molecular flexibility index (Phi) is 3.67. The van der Waals surface area contributed by atoms with Gasteiger partial charge in [0, 0.05) is 0 Å². The van der Waals surface area contributed by atoms with Gasteiger partial charge in [0.05, 0.1) is 0 Å². The Morgan fingerprint density at radius 3 is 2.71 bits per heavy atom. The lowest BCUT2D eigenvalue weighted by Gasteiger charge is -2.28. The molecule has 0 spiro atoms. The SMILES string of the molecule is CC1CCCCC1OC(=O)c1ccccc1O. The summed E-state index contributed by atoms with van der Waals surface area (Å²) in [4.78, 5) is 11.9. The van der Waals surface area contributed by atoms with Gasteiger partial charge >= 0.3 is 5.97 Å². The van der Waals surface area contributed by atoms with E-state index in [4.69, 9.17) is 4.74 Å². The molecule has 0 saturated heterocycles. The Bertz CT molecular complexity index is 400. The zero-order valence-corrected chi connectivity index (χ0v) is 10.1. The van der Waals surface area contributed by atoms with Crippen molar-refractivity contribution in [1.29, 1.82) is 0 Å². The third-order valence-corrected chi connectivity index (χ3v) is 3.42. The van der Waals surface area contributed by atoms with E-state index in [1.165, 1.54) is 12.5 Å². The number of esters is 1. The number of phenolic OH excluding ortho intramolecular Hbond substituents is 1. The van der Waals surface area contributed by atoms with Crippen LogP contribution >= 0.6 is 0 Å². The van der Waals surface area contributed by atoms with Crippen molar-refractivity contribution in [3.63, 3.8) is 0 Å². The number of aromatic hydroxyl groups is 1. The molecule has 2 rings (SSSR count). The number of rotatable bonds is 2. The van der Waals surface area contributed by atoms with Crippen LogP contribution in [0.4, 0.5) is 0 Å². The summed E-state index contributed by atoms with van der Waals surface area (Å²) in [6.45, 7) is 2.11. The topological polar surface area (TPSA) is 46.5 Å². The first-order valence-electron chi connectivity index (χ1n) is 6.17. The van der Waals surface area contributed by atoms with Crippen molar-refractivity contribution in [2.75, 3.05) is 0 Å². The van der Waals surface area contributed by atoms with Crippen LogP contribution in [-0.2, 0) is 4.74 Å². The summed E-state index contributed by atoms with van der Waals surface area (Å²) < 4.78 is 5.47. The molecule has 17 heavy (non-hydrogen) atoms. The number of hydrogen-bond acceptors (Lipinski definition) is 3. The van der Waals surface area contributed by atoms with Crippen LogP contribution in [0.5, 0.6) is 5.75 Å². The average molecular weight is 234 g/mol. The van der Waals surface area contributed by atoms with Crippen LogP contribution in [-0.4, -0.2) is 17.2 Å². The van der Waals surface area contributed by atoms with E-state index in [0.717, 1.165) is 19.3 Å². The maximum Gasteiger partial charge on any atom is 0.342 e. The molecule has 1 N–H and O–H groups in total. The lowest BCUT2D eigenvalue weighted by Crippen LogP contribution is -2.28. The smallest absolute Gasteiger partial charge is 0.342 e. The van der Waals surface area contributed by atoms with Gasteiger partial charge in [-0.3, -0.25) is 0 Å². The number of para-hydroxylation sites is 1. The fourth-order valence-electron chi connectivity index (χ4n) is 2.30. The van der Waals surface area contributed by atoms with Gasteiger partial charge in [0.1, 0.15) is 17.4 Å². The van der Waals surface area contributed by atoms with Crippen LogP contribution in [0.25, 0.3) is 0 Å². The quantitative estimate of drug-likeness (QED) is 0.800. The zero-order valence-electron chi connectivity index (χ0n) is 10.1. The summed E-state index contributed by atoms with van der Waals surface area (Å²) in [7, 11) is 0. The van der Waals surface area contributed by atoms with Crippen molar-refractivity contribution in [1.82, 2.24) is 0 Å². The van der Waals surface area contributed by atoms with Crippen molar-refractivity contribution >= 4 is 5.97 Å². The van der Waals surface area contributed by atoms with Gasteiger partial charge in [0.25, 0.3) is 0 Å². The maximum atomic E-state index is 11.9. The second-order valence-corrected chi connectivity index (χ2v) is 4.72. The molecule has 1 fully saturated rings. The Morgan fingerprint density at radius 1 is 1.29 bits per heavy atom. The summed E-state index contributed by atoms with van der Waals surface area (Å²) in [6, 6.07) is 6.50. The van der Waals surface area contributed by atoms with Crippen molar-refractivity contribution in [2.45, 2.75) is 38.7 Å². The molecule has 92 valence electrons. The van der Waals surface area contributed by atoms with Crippen LogP contribution in [0, 0.1) is 5.92 Å². The molecule has 1 aliphatic carbocycles. The zero-order chi connectivity index (χ0) is 12.3. The molecular weight excluding hydrogens is 216 g/mol. The number of ether oxygens (including phenoxy) is 1. The van der Waals surface area contributed by atoms with Crippen LogP contribution in [0.3, 0.4) is 0 Å². The Balaban J connectivity index is 2.04. The molecule has 1 aromatic rings. The molecule has 0 radical (unpaired) electrons. The minimum absolute atomic E-state index is 0.00384. The molecule has 0 aliphatic heterocycles. The molecule has 1 aromatic carbocycles. The molecule has 3 heteroatoms. The fraction of sp³-hybridized carbons (Fsp3) is 0.500. The van der Waals surface area contributed by atoms with Crippen molar-refractivity contribution in [3.8, 4) is 5.75 Å². The molecule has 0 heterocycles. The average Bonchev–Trinajstić information content (AvgIpc) is 2.32. The fourth-order valence-corrected chi connectivity index (χ4v) is 2.30. The van der Waals surface area contributed by atoms with Crippen LogP contribution in [0.2, 0.25) is 0 Å². The molecular formula is C14H18O3. The first-order chi connectivity index (χ1) is 8.18. The van der Waals surface area contributed by atoms with Crippen LogP contribution in [0.1, 0.15) is 43.0 Å². The van der Waals surface area contributed by atoms with Crippen LogP contribution < -0.4 is 0 Å². The Labute approximate surface area is 101 Å².